The van der Waals surface area contributed by atoms with Crippen LogP contribution in [0.15, 0.2) is 6.20 Å². The Morgan fingerprint density at radius 3 is 3.00 bits per heavy atom. The smallest absolute Gasteiger partial charge is 0.225 e. The van der Waals surface area contributed by atoms with Crippen molar-refractivity contribution in [3.63, 3.8) is 0 Å². The lowest BCUT2D eigenvalue weighted by molar-refractivity contribution is -0.116. The number of carbonyl (C=O) groups excluding carboxylic acids is 1. The molecular weight excluding hydrogens is 204 g/mol. The quantitative estimate of drug-likeness (QED) is 0.769. The second kappa shape index (κ2) is 5.91. The van der Waals surface area contributed by atoms with E-state index in [9.17, 15) is 4.79 Å². The highest BCUT2D eigenvalue weighted by Gasteiger charge is 2.10. The summed E-state index contributed by atoms with van der Waals surface area (Å²) < 4.78 is 1.51. The number of nitrogens with zero attached hydrogens (tertiary/aromatic N) is 3. The Balaban J connectivity index is 2.53. The summed E-state index contributed by atoms with van der Waals surface area (Å²) in [5.41, 5.74) is 0.395. The molecule has 16 heavy (non-hydrogen) atoms. The number of aryl methyl sites for hydroxylation is 1. The summed E-state index contributed by atoms with van der Waals surface area (Å²) >= 11 is 0. The van der Waals surface area contributed by atoms with Crippen LogP contribution in [-0.4, -0.2) is 15.7 Å². The van der Waals surface area contributed by atoms with Gasteiger partial charge in [0.15, 0.2) is 5.82 Å². The van der Waals surface area contributed by atoms with E-state index < -0.39 is 0 Å². The zero-order chi connectivity index (χ0) is 12.0. The van der Waals surface area contributed by atoms with Gasteiger partial charge >= 0.3 is 0 Å². The minimum atomic E-state index is -0.0800. The van der Waals surface area contributed by atoms with Gasteiger partial charge in [-0.3, -0.25) is 9.48 Å². The summed E-state index contributed by atoms with van der Waals surface area (Å²) in [6, 6.07) is 1.99. The molecule has 0 spiro atoms. The van der Waals surface area contributed by atoms with E-state index in [2.05, 4.69) is 17.3 Å². The first-order valence-electron chi connectivity index (χ1n) is 5.41. The lowest BCUT2D eigenvalue weighted by Crippen LogP contribution is -2.12. The van der Waals surface area contributed by atoms with Crippen LogP contribution in [0.2, 0.25) is 0 Å². The van der Waals surface area contributed by atoms with Crippen LogP contribution in [0.5, 0.6) is 0 Å². The molecule has 86 valence electrons. The van der Waals surface area contributed by atoms with E-state index in [4.69, 9.17) is 5.26 Å². The minimum absolute atomic E-state index is 0.0800. The Kier molecular flexibility index (Phi) is 4.52. The second-order valence-corrected chi connectivity index (χ2v) is 3.68. The molecule has 5 nitrogen and oxygen atoms in total. The van der Waals surface area contributed by atoms with Gasteiger partial charge in [-0.05, 0) is 6.42 Å². The first-order valence-corrected chi connectivity index (χ1v) is 5.41. The Hall–Kier alpha value is -1.83. The number of amides is 1. The molecular formula is C11H16N4O. The first kappa shape index (κ1) is 12.2. The normalized spacial score (nSPS) is 9.81. The van der Waals surface area contributed by atoms with Crippen LogP contribution in [0.4, 0.5) is 5.82 Å². The van der Waals surface area contributed by atoms with E-state index in [-0.39, 0.29) is 5.91 Å². The molecule has 0 aliphatic heterocycles. The maximum absolute atomic E-state index is 11.5. The fourth-order valence-corrected chi connectivity index (χ4v) is 1.39. The van der Waals surface area contributed by atoms with E-state index in [1.165, 1.54) is 4.68 Å². The number of anilines is 1. The van der Waals surface area contributed by atoms with Crippen molar-refractivity contribution < 1.29 is 4.79 Å². The van der Waals surface area contributed by atoms with E-state index in [1.807, 2.05) is 6.07 Å². The molecule has 5 heteroatoms. The van der Waals surface area contributed by atoms with Crippen LogP contribution in [-0.2, 0) is 11.8 Å². The van der Waals surface area contributed by atoms with Crippen LogP contribution in [0.25, 0.3) is 0 Å². The van der Waals surface area contributed by atoms with E-state index in [1.54, 1.807) is 13.2 Å². The predicted molar refractivity (Wildman–Crippen MR) is 60.7 cm³/mol. The highest BCUT2D eigenvalue weighted by molar-refractivity contribution is 5.90. The van der Waals surface area contributed by atoms with Gasteiger partial charge in [0.05, 0.1) is 0 Å². The van der Waals surface area contributed by atoms with Crippen LogP contribution in [0.3, 0.4) is 0 Å². The summed E-state index contributed by atoms with van der Waals surface area (Å²) in [5.74, 6) is 0.273. The zero-order valence-electron chi connectivity index (χ0n) is 9.66. The SMILES string of the molecule is CCCCCC(=O)Nc1nn(C)cc1C#N. The predicted octanol–water partition coefficient (Wildman–Crippen LogP) is 1.81. The summed E-state index contributed by atoms with van der Waals surface area (Å²) in [7, 11) is 1.72. The molecule has 1 amide bonds. The number of rotatable bonds is 5. The van der Waals surface area contributed by atoms with Crippen molar-refractivity contribution in [3.8, 4) is 6.07 Å². The Morgan fingerprint density at radius 1 is 1.62 bits per heavy atom. The van der Waals surface area contributed by atoms with Gasteiger partial charge in [-0.25, -0.2) is 0 Å². The van der Waals surface area contributed by atoms with Gasteiger partial charge in [0.1, 0.15) is 11.6 Å². The third-order valence-electron chi connectivity index (χ3n) is 2.21. The fourth-order valence-electron chi connectivity index (χ4n) is 1.39. The average molecular weight is 220 g/mol. The summed E-state index contributed by atoms with van der Waals surface area (Å²) in [5, 5.41) is 15.5. The van der Waals surface area contributed by atoms with Crippen LogP contribution in [0.1, 0.15) is 38.2 Å². The molecule has 0 unspecified atom stereocenters. The lowest BCUT2D eigenvalue weighted by Gasteiger charge is -2.01. The third kappa shape index (κ3) is 3.39. The highest BCUT2D eigenvalue weighted by atomic mass is 16.1. The van der Waals surface area contributed by atoms with Crippen molar-refractivity contribution in [1.82, 2.24) is 9.78 Å². The maximum atomic E-state index is 11.5. The molecule has 0 radical (unpaired) electrons. The Labute approximate surface area is 95.1 Å². The van der Waals surface area contributed by atoms with Gasteiger partial charge in [0, 0.05) is 19.7 Å². The molecule has 0 atom stereocenters. The number of unbranched alkanes of at least 4 members (excludes halogenated alkanes) is 2. The van der Waals surface area contributed by atoms with Crippen LogP contribution >= 0.6 is 0 Å². The summed E-state index contributed by atoms with van der Waals surface area (Å²) in [6.45, 7) is 2.09. The van der Waals surface area contributed by atoms with Crippen molar-refractivity contribution >= 4 is 11.7 Å². The molecule has 1 N–H and O–H groups in total. The largest absolute Gasteiger partial charge is 0.308 e. The maximum Gasteiger partial charge on any atom is 0.225 e. The standard InChI is InChI=1S/C11H16N4O/c1-3-4-5-6-10(16)13-11-9(7-12)8-15(2)14-11/h8H,3-6H2,1-2H3,(H,13,14,16). The molecule has 0 fully saturated rings. The third-order valence-corrected chi connectivity index (χ3v) is 2.21. The van der Waals surface area contributed by atoms with Crippen molar-refractivity contribution in [2.24, 2.45) is 7.05 Å². The molecule has 0 aliphatic carbocycles. The molecule has 0 bridgehead atoms. The molecule has 1 aromatic heterocycles. The fraction of sp³-hybridized carbons (Fsp3) is 0.545. The second-order valence-electron chi connectivity index (χ2n) is 3.68. The van der Waals surface area contributed by atoms with Crippen LogP contribution in [0, 0.1) is 11.3 Å². The number of nitrogens with one attached hydrogen (secondary N) is 1. The average Bonchev–Trinajstić information content (AvgIpc) is 2.59. The van der Waals surface area contributed by atoms with E-state index in [0.29, 0.717) is 17.8 Å². The highest BCUT2D eigenvalue weighted by Crippen LogP contribution is 2.11. The summed E-state index contributed by atoms with van der Waals surface area (Å²) in [6.07, 6.45) is 5.06. The molecule has 0 saturated carbocycles. The van der Waals surface area contributed by atoms with Crippen molar-refractivity contribution in [3.05, 3.63) is 11.8 Å². The number of hydrogen-bond acceptors (Lipinski definition) is 3. The van der Waals surface area contributed by atoms with Crippen LogP contribution < -0.4 is 5.32 Å². The van der Waals surface area contributed by atoms with Gasteiger partial charge in [-0.1, -0.05) is 19.8 Å². The molecule has 0 aliphatic rings. The van der Waals surface area contributed by atoms with Gasteiger partial charge < -0.3 is 5.32 Å². The molecule has 1 heterocycles. The van der Waals surface area contributed by atoms with E-state index >= 15 is 0 Å². The number of aromatic nitrogens is 2. The van der Waals surface area contributed by atoms with E-state index in [0.717, 1.165) is 19.3 Å². The van der Waals surface area contributed by atoms with Crippen molar-refractivity contribution in [2.75, 3.05) is 5.32 Å². The number of nitriles is 1. The van der Waals surface area contributed by atoms with Gasteiger partial charge in [-0.2, -0.15) is 10.4 Å². The van der Waals surface area contributed by atoms with Crippen molar-refractivity contribution in [2.45, 2.75) is 32.6 Å². The van der Waals surface area contributed by atoms with Crippen molar-refractivity contribution in [1.29, 1.82) is 5.26 Å². The zero-order valence-corrected chi connectivity index (χ0v) is 9.66. The topological polar surface area (TPSA) is 70.7 Å². The number of hydrogen-bond donors (Lipinski definition) is 1. The first-order chi connectivity index (χ1) is 7.67. The molecule has 1 rings (SSSR count). The van der Waals surface area contributed by atoms with Gasteiger partial charge in [0.25, 0.3) is 0 Å². The lowest BCUT2D eigenvalue weighted by atomic mass is 10.2. The van der Waals surface area contributed by atoms with Gasteiger partial charge in [0.2, 0.25) is 5.91 Å². The molecule has 1 aromatic rings. The Morgan fingerprint density at radius 2 is 2.38 bits per heavy atom. The number of carbonyl (C=O) groups is 1. The molecule has 0 saturated heterocycles. The molecule has 0 aromatic carbocycles. The monoisotopic (exact) mass is 220 g/mol. The minimum Gasteiger partial charge on any atom is -0.308 e. The summed E-state index contributed by atoms with van der Waals surface area (Å²) in [4.78, 5) is 11.5. The van der Waals surface area contributed by atoms with Gasteiger partial charge in [-0.15, -0.1) is 0 Å². The Bertz CT molecular complexity index is 403.